The largest absolute Gasteiger partial charge is 0.492 e. The number of anilines is 1. The number of hydrogen-bond donors (Lipinski definition) is 1. The number of rotatable bonds is 3. The first kappa shape index (κ1) is 18.1. The zero-order valence-electron chi connectivity index (χ0n) is 16.0. The molecule has 3 aromatic carbocycles. The molecule has 1 aliphatic rings. The van der Waals surface area contributed by atoms with Crippen LogP contribution >= 0.6 is 0 Å². The lowest BCUT2D eigenvalue weighted by atomic mass is 9.75. The summed E-state index contributed by atoms with van der Waals surface area (Å²) >= 11 is 0. The van der Waals surface area contributed by atoms with Crippen molar-refractivity contribution in [3.63, 3.8) is 0 Å². The minimum atomic E-state index is -0.344. The van der Waals surface area contributed by atoms with Crippen LogP contribution < -0.4 is 15.2 Å². The number of aryl methyl sites for hydroxylation is 1. The highest BCUT2D eigenvalue weighted by Crippen LogP contribution is 2.47. The van der Waals surface area contributed by atoms with Gasteiger partial charge in [0.05, 0.1) is 6.61 Å². The molecule has 1 aliphatic heterocycles. The normalized spacial score (nSPS) is 18.1. The van der Waals surface area contributed by atoms with Gasteiger partial charge in [-0.3, -0.25) is 4.79 Å². The van der Waals surface area contributed by atoms with Crippen LogP contribution in [0, 0.1) is 6.92 Å². The van der Waals surface area contributed by atoms with E-state index in [0.717, 1.165) is 17.0 Å². The van der Waals surface area contributed by atoms with Crippen LogP contribution in [0.1, 0.15) is 41.0 Å². The number of nitrogens with two attached hydrogens (primary N) is 1. The molecular weight excluding hydrogens is 350 g/mol. The molecule has 0 saturated heterocycles. The van der Waals surface area contributed by atoms with E-state index in [2.05, 4.69) is 43.3 Å². The first-order valence-corrected chi connectivity index (χ1v) is 9.38. The molecule has 0 radical (unpaired) electrons. The van der Waals surface area contributed by atoms with E-state index >= 15 is 0 Å². The SMILES string of the molecule is CC(=O)Oc1ccc2c(c1)OCC(c1cccc(C)c1)C2c1ccc(N)cc1. The lowest BCUT2D eigenvalue weighted by Crippen LogP contribution is -2.25. The second kappa shape index (κ2) is 7.39. The summed E-state index contributed by atoms with van der Waals surface area (Å²) < 4.78 is 11.3. The molecule has 2 N–H and O–H groups in total. The van der Waals surface area contributed by atoms with Gasteiger partial charge < -0.3 is 15.2 Å². The fourth-order valence-corrected chi connectivity index (χ4v) is 3.92. The van der Waals surface area contributed by atoms with Crippen molar-refractivity contribution in [1.82, 2.24) is 0 Å². The van der Waals surface area contributed by atoms with Crippen molar-refractivity contribution in [3.05, 3.63) is 89.0 Å². The Labute approximate surface area is 164 Å². The van der Waals surface area contributed by atoms with Crippen LogP contribution in [0.25, 0.3) is 0 Å². The highest BCUT2D eigenvalue weighted by Gasteiger charge is 2.33. The third-order valence-electron chi connectivity index (χ3n) is 5.17. The molecule has 28 heavy (non-hydrogen) atoms. The van der Waals surface area contributed by atoms with Crippen LogP contribution in [-0.4, -0.2) is 12.6 Å². The predicted octanol–water partition coefficient (Wildman–Crippen LogP) is 4.81. The molecule has 0 bridgehead atoms. The summed E-state index contributed by atoms with van der Waals surface area (Å²) in [6.45, 7) is 4.05. The quantitative estimate of drug-likeness (QED) is 0.407. The van der Waals surface area contributed by atoms with E-state index in [1.807, 2.05) is 24.3 Å². The Bertz CT molecular complexity index is 1010. The minimum Gasteiger partial charge on any atom is -0.492 e. The van der Waals surface area contributed by atoms with Gasteiger partial charge in [-0.05, 0) is 36.2 Å². The van der Waals surface area contributed by atoms with E-state index in [1.54, 1.807) is 6.07 Å². The highest BCUT2D eigenvalue weighted by molar-refractivity contribution is 5.69. The van der Waals surface area contributed by atoms with Gasteiger partial charge in [0, 0.05) is 36.1 Å². The molecule has 4 rings (SSSR count). The smallest absolute Gasteiger partial charge is 0.308 e. The molecule has 2 atom stereocenters. The molecule has 0 saturated carbocycles. The first-order valence-electron chi connectivity index (χ1n) is 9.38. The molecular formula is C24H23NO3. The van der Waals surface area contributed by atoms with Crippen LogP contribution in [0.3, 0.4) is 0 Å². The predicted molar refractivity (Wildman–Crippen MR) is 110 cm³/mol. The number of hydrogen-bond acceptors (Lipinski definition) is 4. The molecule has 3 aromatic rings. The maximum Gasteiger partial charge on any atom is 0.308 e. The Kier molecular flexibility index (Phi) is 4.78. The molecule has 0 spiro atoms. The molecule has 0 amide bonds. The fraction of sp³-hybridized carbons (Fsp3) is 0.208. The van der Waals surface area contributed by atoms with Crippen molar-refractivity contribution in [2.75, 3.05) is 12.3 Å². The number of carbonyl (C=O) groups is 1. The average molecular weight is 373 g/mol. The maximum absolute atomic E-state index is 11.3. The van der Waals surface area contributed by atoms with Crippen molar-refractivity contribution < 1.29 is 14.3 Å². The monoisotopic (exact) mass is 373 g/mol. The summed E-state index contributed by atoms with van der Waals surface area (Å²) in [6.07, 6.45) is 0. The Balaban J connectivity index is 1.81. The number of esters is 1. The van der Waals surface area contributed by atoms with Crippen molar-refractivity contribution >= 4 is 11.7 Å². The zero-order chi connectivity index (χ0) is 19.7. The number of carbonyl (C=O) groups excluding carboxylic acids is 1. The van der Waals surface area contributed by atoms with Crippen LogP contribution in [0.2, 0.25) is 0 Å². The number of fused-ring (bicyclic) bond motifs is 1. The minimum absolute atomic E-state index is 0.123. The van der Waals surface area contributed by atoms with Gasteiger partial charge >= 0.3 is 5.97 Å². The van der Waals surface area contributed by atoms with Gasteiger partial charge in [-0.25, -0.2) is 0 Å². The van der Waals surface area contributed by atoms with Gasteiger partial charge in [0.25, 0.3) is 0 Å². The molecule has 0 fully saturated rings. The van der Waals surface area contributed by atoms with Gasteiger partial charge in [0.1, 0.15) is 11.5 Å². The van der Waals surface area contributed by atoms with Gasteiger partial charge in [0.15, 0.2) is 0 Å². The molecule has 4 heteroatoms. The van der Waals surface area contributed by atoms with Crippen molar-refractivity contribution in [2.45, 2.75) is 25.7 Å². The second-order valence-corrected chi connectivity index (χ2v) is 7.27. The Morgan fingerprint density at radius 1 is 1.04 bits per heavy atom. The average Bonchev–Trinajstić information content (AvgIpc) is 2.67. The van der Waals surface area contributed by atoms with Gasteiger partial charge in [-0.1, -0.05) is 48.0 Å². The molecule has 0 aromatic heterocycles. The first-order chi connectivity index (χ1) is 13.5. The van der Waals surface area contributed by atoms with Gasteiger partial charge in [-0.2, -0.15) is 0 Å². The van der Waals surface area contributed by atoms with Crippen LogP contribution in [0.5, 0.6) is 11.5 Å². The van der Waals surface area contributed by atoms with E-state index in [1.165, 1.54) is 23.6 Å². The number of benzene rings is 3. The third kappa shape index (κ3) is 3.58. The lowest BCUT2D eigenvalue weighted by Gasteiger charge is -2.35. The Hall–Kier alpha value is -3.27. The number of nitrogen functional groups attached to an aromatic ring is 1. The van der Waals surface area contributed by atoms with E-state index in [0.29, 0.717) is 12.4 Å². The molecule has 4 nitrogen and oxygen atoms in total. The summed E-state index contributed by atoms with van der Waals surface area (Å²) in [6, 6.07) is 22.2. The summed E-state index contributed by atoms with van der Waals surface area (Å²) in [5.74, 6) is 1.21. The summed E-state index contributed by atoms with van der Waals surface area (Å²) in [5.41, 5.74) is 11.4. The second-order valence-electron chi connectivity index (χ2n) is 7.27. The standard InChI is InChI=1S/C24H23NO3/c1-15-4-3-5-18(12-15)22-14-27-23-13-20(28-16(2)26)10-11-21(23)24(22)17-6-8-19(25)9-7-17/h3-13,22,24H,14,25H2,1-2H3. The summed E-state index contributed by atoms with van der Waals surface area (Å²) in [4.78, 5) is 11.3. The van der Waals surface area contributed by atoms with E-state index in [9.17, 15) is 4.79 Å². The Morgan fingerprint density at radius 3 is 2.54 bits per heavy atom. The topological polar surface area (TPSA) is 61.5 Å². The van der Waals surface area contributed by atoms with Crippen LogP contribution in [0.15, 0.2) is 66.7 Å². The number of ether oxygens (including phenoxy) is 2. The molecule has 142 valence electrons. The highest BCUT2D eigenvalue weighted by atomic mass is 16.5. The van der Waals surface area contributed by atoms with Crippen molar-refractivity contribution in [2.24, 2.45) is 0 Å². The maximum atomic E-state index is 11.3. The van der Waals surface area contributed by atoms with Gasteiger partial charge in [0.2, 0.25) is 0 Å². The van der Waals surface area contributed by atoms with E-state index < -0.39 is 0 Å². The molecule has 1 heterocycles. The van der Waals surface area contributed by atoms with Crippen molar-refractivity contribution in [1.29, 1.82) is 0 Å². The summed E-state index contributed by atoms with van der Waals surface area (Å²) in [5, 5.41) is 0. The van der Waals surface area contributed by atoms with Crippen LogP contribution in [-0.2, 0) is 4.79 Å². The fourth-order valence-electron chi connectivity index (χ4n) is 3.92. The van der Waals surface area contributed by atoms with Crippen LogP contribution in [0.4, 0.5) is 5.69 Å². The Morgan fingerprint density at radius 2 is 1.82 bits per heavy atom. The summed E-state index contributed by atoms with van der Waals surface area (Å²) in [7, 11) is 0. The molecule has 0 aliphatic carbocycles. The third-order valence-corrected chi connectivity index (χ3v) is 5.17. The molecule has 2 unspecified atom stereocenters. The zero-order valence-corrected chi connectivity index (χ0v) is 16.0. The van der Waals surface area contributed by atoms with E-state index in [4.69, 9.17) is 15.2 Å². The van der Waals surface area contributed by atoms with Gasteiger partial charge in [-0.15, -0.1) is 0 Å². The van der Waals surface area contributed by atoms with E-state index in [-0.39, 0.29) is 17.8 Å². The van der Waals surface area contributed by atoms with Crippen molar-refractivity contribution in [3.8, 4) is 11.5 Å². The lowest BCUT2D eigenvalue weighted by molar-refractivity contribution is -0.131.